The minimum Gasteiger partial charge on any atom is -0.495 e. The molecule has 1 unspecified atom stereocenters. The van der Waals surface area contributed by atoms with Gasteiger partial charge in [0, 0.05) is 17.8 Å². The number of ether oxygens (including phenoxy) is 1. The molecular formula is C27H25ClN4O2S. The van der Waals surface area contributed by atoms with E-state index in [0.717, 1.165) is 53.4 Å². The van der Waals surface area contributed by atoms with Gasteiger partial charge in [0.25, 0.3) is 5.24 Å². The Balaban J connectivity index is 1.58. The van der Waals surface area contributed by atoms with Gasteiger partial charge in [0.15, 0.2) is 0 Å². The highest BCUT2D eigenvalue weighted by Gasteiger charge is 2.26. The number of amidine groups is 1. The summed E-state index contributed by atoms with van der Waals surface area (Å²) >= 11 is 7.76. The monoisotopic (exact) mass is 504 g/mol. The molecule has 3 aromatic carbocycles. The number of para-hydroxylation sites is 1. The number of anilines is 1. The molecule has 0 spiro atoms. The van der Waals surface area contributed by atoms with Gasteiger partial charge in [0.05, 0.1) is 28.8 Å². The molecule has 5 rings (SSSR count). The summed E-state index contributed by atoms with van der Waals surface area (Å²) in [5, 5.41) is 4.75. The smallest absolute Gasteiger partial charge is 0.299 e. The minimum atomic E-state index is -0.120. The van der Waals surface area contributed by atoms with Gasteiger partial charge in [-0.25, -0.2) is 10.4 Å². The normalized spacial score (nSPS) is 18.0. The van der Waals surface area contributed by atoms with Gasteiger partial charge in [-0.1, -0.05) is 47.6 Å². The lowest BCUT2D eigenvalue weighted by molar-refractivity contribution is 0.261. The van der Waals surface area contributed by atoms with Crippen molar-refractivity contribution in [3.05, 3.63) is 88.4 Å². The number of halogens is 1. The number of aryl methyl sites for hydroxylation is 1. The Morgan fingerprint density at radius 3 is 2.74 bits per heavy atom. The van der Waals surface area contributed by atoms with Crippen molar-refractivity contribution in [1.82, 2.24) is 5.43 Å². The number of nitrogens with zero attached hydrogens (tertiary/aromatic N) is 3. The lowest BCUT2D eigenvalue weighted by atomic mass is 9.96. The average molecular weight is 505 g/mol. The SMILES string of the molecule is COc1ccc(/C(=N/c2ccccc2)N2CCCc3cc(C4=NNC(=O)SC4C)ccc32)cc1Cl. The molecule has 8 heteroatoms. The number of carbonyl (C=O) groups is 1. The molecule has 1 atom stereocenters. The number of benzene rings is 3. The molecule has 2 aliphatic heterocycles. The molecule has 2 aliphatic rings. The maximum atomic E-state index is 11.7. The third-order valence-electron chi connectivity index (χ3n) is 6.09. The first-order valence-electron chi connectivity index (χ1n) is 11.5. The van der Waals surface area contributed by atoms with Gasteiger partial charge in [-0.05, 0) is 73.4 Å². The minimum absolute atomic E-state index is 0.00172. The van der Waals surface area contributed by atoms with E-state index in [1.165, 1.54) is 17.3 Å². The van der Waals surface area contributed by atoms with Crippen LogP contribution in [0.1, 0.15) is 30.0 Å². The fourth-order valence-corrected chi connectivity index (χ4v) is 5.40. The fourth-order valence-electron chi connectivity index (χ4n) is 4.43. The molecule has 0 radical (unpaired) electrons. The second kappa shape index (κ2) is 10.1. The van der Waals surface area contributed by atoms with Crippen molar-refractivity contribution in [3.63, 3.8) is 0 Å². The molecule has 1 amide bonds. The molecule has 0 saturated carbocycles. The first-order chi connectivity index (χ1) is 17.0. The van der Waals surface area contributed by atoms with Gasteiger partial charge >= 0.3 is 0 Å². The molecule has 0 aromatic heterocycles. The average Bonchev–Trinajstić information content (AvgIpc) is 2.87. The molecule has 0 saturated heterocycles. The number of fused-ring (bicyclic) bond motifs is 1. The van der Waals surface area contributed by atoms with Crippen molar-refractivity contribution in [1.29, 1.82) is 0 Å². The van der Waals surface area contributed by atoms with E-state index in [1.807, 2.05) is 55.5 Å². The molecule has 2 heterocycles. The van der Waals surface area contributed by atoms with E-state index in [-0.39, 0.29) is 10.5 Å². The topological polar surface area (TPSA) is 66.3 Å². The van der Waals surface area contributed by atoms with E-state index in [2.05, 4.69) is 33.6 Å². The van der Waals surface area contributed by atoms with Crippen molar-refractivity contribution >= 4 is 51.5 Å². The first kappa shape index (κ1) is 23.5. The van der Waals surface area contributed by atoms with Crippen molar-refractivity contribution in [2.75, 3.05) is 18.6 Å². The van der Waals surface area contributed by atoms with Crippen LogP contribution >= 0.6 is 23.4 Å². The lowest BCUT2D eigenvalue weighted by Crippen LogP contribution is -2.36. The van der Waals surface area contributed by atoms with E-state index in [4.69, 9.17) is 21.3 Å². The highest BCUT2D eigenvalue weighted by atomic mass is 35.5. The summed E-state index contributed by atoms with van der Waals surface area (Å²) in [7, 11) is 1.61. The predicted molar refractivity (Wildman–Crippen MR) is 145 cm³/mol. The van der Waals surface area contributed by atoms with Gasteiger partial charge in [-0.3, -0.25) is 4.79 Å². The number of aliphatic imine (C=N–C) groups is 1. The molecule has 178 valence electrons. The number of amides is 1. The largest absolute Gasteiger partial charge is 0.495 e. The van der Waals surface area contributed by atoms with Crippen molar-refractivity contribution < 1.29 is 9.53 Å². The van der Waals surface area contributed by atoms with Crippen LogP contribution in [-0.4, -0.2) is 35.7 Å². The van der Waals surface area contributed by atoms with E-state index in [9.17, 15) is 4.79 Å². The highest BCUT2D eigenvalue weighted by Crippen LogP contribution is 2.34. The molecule has 6 nitrogen and oxygen atoms in total. The van der Waals surface area contributed by atoms with Gasteiger partial charge in [-0.15, -0.1) is 0 Å². The van der Waals surface area contributed by atoms with Crippen LogP contribution in [0, 0.1) is 0 Å². The summed E-state index contributed by atoms with van der Waals surface area (Å²) in [6.45, 7) is 2.84. The predicted octanol–water partition coefficient (Wildman–Crippen LogP) is 6.43. The molecule has 0 bridgehead atoms. The molecule has 0 aliphatic carbocycles. The molecule has 1 N–H and O–H groups in total. The Morgan fingerprint density at radius 2 is 2.00 bits per heavy atom. The number of hydrogen-bond donors (Lipinski definition) is 1. The van der Waals surface area contributed by atoms with Crippen LogP contribution < -0.4 is 15.1 Å². The zero-order chi connectivity index (χ0) is 24.4. The van der Waals surface area contributed by atoms with Crippen LogP contribution in [0.4, 0.5) is 16.2 Å². The quantitative estimate of drug-likeness (QED) is 0.328. The standard InChI is InChI=1S/C27H25ClN4O2S/c1-17-25(30-31-27(33)35-17)19-10-12-23-18(15-19)7-6-14-32(23)26(29-21-8-4-3-5-9-21)20-11-13-24(34-2)22(28)16-20/h3-5,8-13,15-17H,6-7,14H2,1-2H3,(H,31,33)/b29-26-. The van der Waals surface area contributed by atoms with Gasteiger partial charge in [-0.2, -0.15) is 5.10 Å². The molecule has 0 fully saturated rings. The Kier molecular flexibility index (Phi) is 6.79. The van der Waals surface area contributed by atoms with E-state index in [0.29, 0.717) is 10.8 Å². The van der Waals surface area contributed by atoms with Crippen LogP contribution in [0.2, 0.25) is 5.02 Å². The Bertz CT molecular complexity index is 1330. The zero-order valence-corrected chi connectivity index (χ0v) is 21.1. The molecular weight excluding hydrogens is 480 g/mol. The fraction of sp³-hybridized carbons (Fsp3) is 0.222. The van der Waals surface area contributed by atoms with Crippen LogP contribution in [0.25, 0.3) is 0 Å². The van der Waals surface area contributed by atoms with Gasteiger partial charge < -0.3 is 9.64 Å². The van der Waals surface area contributed by atoms with E-state index >= 15 is 0 Å². The third kappa shape index (κ3) is 4.92. The zero-order valence-electron chi connectivity index (χ0n) is 19.5. The van der Waals surface area contributed by atoms with Crippen LogP contribution in [0.5, 0.6) is 5.75 Å². The number of thioether (sulfide) groups is 1. The number of hydrazone groups is 1. The highest BCUT2D eigenvalue weighted by molar-refractivity contribution is 8.14. The number of rotatable bonds is 4. The van der Waals surface area contributed by atoms with E-state index < -0.39 is 0 Å². The van der Waals surface area contributed by atoms with Crippen molar-refractivity contribution in [2.45, 2.75) is 25.0 Å². The Hall–Kier alpha value is -3.29. The van der Waals surface area contributed by atoms with Crippen LogP contribution in [0.3, 0.4) is 0 Å². The Labute approximate surface area is 214 Å². The first-order valence-corrected chi connectivity index (χ1v) is 12.7. The third-order valence-corrected chi connectivity index (χ3v) is 7.26. The number of methoxy groups -OCH3 is 1. The lowest BCUT2D eigenvalue weighted by Gasteiger charge is -2.33. The van der Waals surface area contributed by atoms with Gasteiger partial charge in [0.2, 0.25) is 0 Å². The molecule has 35 heavy (non-hydrogen) atoms. The van der Waals surface area contributed by atoms with Crippen LogP contribution in [0.15, 0.2) is 76.8 Å². The summed E-state index contributed by atoms with van der Waals surface area (Å²) in [5.74, 6) is 1.46. The summed E-state index contributed by atoms with van der Waals surface area (Å²) in [4.78, 5) is 19.0. The number of hydrogen-bond acceptors (Lipinski definition) is 5. The summed E-state index contributed by atoms with van der Waals surface area (Å²) < 4.78 is 5.36. The summed E-state index contributed by atoms with van der Waals surface area (Å²) in [6.07, 6.45) is 1.95. The maximum Gasteiger partial charge on any atom is 0.299 e. The van der Waals surface area contributed by atoms with Crippen LogP contribution in [-0.2, 0) is 6.42 Å². The number of carbonyl (C=O) groups excluding carboxylic acids is 1. The summed E-state index contributed by atoms with van der Waals surface area (Å²) in [6, 6.07) is 22.1. The second-order valence-corrected chi connectivity index (χ2v) is 10.1. The molecule has 3 aromatic rings. The van der Waals surface area contributed by atoms with Crippen molar-refractivity contribution in [3.8, 4) is 5.75 Å². The Morgan fingerprint density at radius 1 is 1.17 bits per heavy atom. The number of nitrogens with one attached hydrogen (secondary N) is 1. The summed E-state index contributed by atoms with van der Waals surface area (Å²) in [5.41, 5.74) is 8.63. The second-order valence-electron chi connectivity index (χ2n) is 8.38. The maximum absolute atomic E-state index is 11.7. The van der Waals surface area contributed by atoms with E-state index in [1.54, 1.807) is 7.11 Å². The van der Waals surface area contributed by atoms with Crippen molar-refractivity contribution in [2.24, 2.45) is 10.1 Å². The van der Waals surface area contributed by atoms with Gasteiger partial charge in [0.1, 0.15) is 11.6 Å².